The van der Waals surface area contributed by atoms with E-state index in [-0.39, 0.29) is 37.2 Å². The number of aliphatic hydroxyl groups excluding tert-OH is 1. The molecule has 2 aliphatic rings. The SMILES string of the molecule is O=C(NCc1ccc(Cl)cc1Cl)C1(F)CC[C@@](O)(CN2CC(O)C2)c2ncccc21. The number of benzene rings is 1. The summed E-state index contributed by atoms with van der Waals surface area (Å²) in [5, 5.41) is 24.2. The first-order chi connectivity index (χ1) is 14.2. The fraction of sp³-hybridized carbons (Fsp3) is 0.429. The maximum Gasteiger partial charge on any atom is 0.262 e. The first-order valence-electron chi connectivity index (χ1n) is 9.71. The van der Waals surface area contributed by atoms with Gasteiger partial charge in [-0.2, -0.15) is 0 Å². The van der Waals surface area contributed by atoms with Crippen molar-refractivity contribution in [1.82, 2.24) is 15.2 Å². The second kappa shape index (κ2) is 8.05. The third-order valence-electron chi connectivity index (χ3n) is 5.80. The maximum atomic E-state index is 16.0. The van der Waals surface area contributed by atoms with Crippen LogP contribution in [0, 0.1) is 0 Å². The van der Waals surface area contributed by atoms with E-state index >= 15 is 4.39 Å². The number of amides is 1. The summed E-state index contributed by atoms with van der Waals surface area (Å²) in [6.45, 7) is 1.18. The van der Waals surface area contributed by atoms with Gasteiger partial charge in [0.1, 0.15) is 5.60 Å². The molecule has 1 aliphatic heterocycles. The van der Waals surface area contributed by atoms with Crippen molar-refractivity contribution in [3.05, 3.63) is 63.4 Å². The first kappa shape index (κ1) is 21.5. The maximum absolute atomic E-state index is 16.0. The Morgan fingerprint density at radius 3 is 2.77 bits per heavy atom. The number of alkyl halides is 1. The number of hydrogen-bond donors (Lipinski definition) is 3. The zero-order chi connectivity index (χ0) is 21.5. The third-order valence-corrected chi connectivity index (χ3v) is 6.38. The van der Waals surface area contributed by atoms with Crippen LogP contribution in [0.5, 0.6) is 0 Å². The van der Waals surface area contributed by atoms with Gasteiger partial charge in [0.2, 0.25) is 5.67 Å². The van der Waals surface area contributed by atoms with Crippen LogP contribution in [0.1, 0.15) is 29.7 Å². The van der Waals surface area contributed by atoms with E-state index in [1.54, 1.807) is 24.3 Å². The van der Waals surface area contributed by atoms with Gasteiger partial charge in [0.05, 0.1) is 11.8 Å². The van der Waals surface area contributed by atoms with E-state index < -0.39 is 23.3 Å². The van der Waals surface area contributed by atoms with Crippen LogP contribution >= 0.6 is 23.2 Å². The first-order valence-corrected chi connectivity index (χ1v) is 10.5. The molecule has 2 atom stereocenters. The van der Waals surface area contributed by atoms with Crippen LogP contribution < -0.4 is 5.32 Å². The minimum atomic E-state index is -2.32. The predicted octanol–water partition coefficient (Wildman–Crippen LogP) is 2.53. The van der Waals surface area contributed by atoms with Crippen molar-refractivity contribution in [3.8, 4) is 0 Å². The lowest BCUT2D eigenvalue weighted by atomic mass is 9.74. The van der Waals surface area contributed by atoms with Gasteiger partial charge in [0, 0.05) is 48.0 Å². The average molecular weight is 454 g/mol. The quantitative estimate of drug-likeness (QED) is 0.647. The molecule has 0 bridgehead atoms. The van der Waals surface area contributed by atoms with Crippen molar-refractivity contribution < 1.29 is 19.4 Å². The Kier molecular flexibility index (Phi) is 5.76. The number of aliphatic hydroxyl groups is 2. The lowest BCUT2D eigenvalue weighted by molar-refractivity contribution is -0.138. The molecule has 0 spiro atoms. The summed E-state index contributed by atoms with van der Waals surface area (Å²) in [6, 6.07) is 7.92. The molecular weight excluding hydrogens is 432 g/mol. The van der Waals surface area contributed by atoms with E-state index in [4.69, 9.17) is 23.2 Å². The largest absolute Gasteiger partial charge is 0.390 e. The molecule has 0 radical (unpaired) electrons. The lowest BCUT2D eigenvalue weighted by Gasteiger charge is -2.45. The molecule has 0 saturated carbocycles. The molecule has 9 heteroatoms. The van der Waals surface area contributed by atoms with E-state index in [1.807, 2.05) is 4.90 Å². The highest BCUT2D eigenvalue weighted by Gasteiger charge is 2.52. The summed E-state index contributed by atoms with van der Waals surface area (Å²) < 4.78 is 16.0. The van der Waals surface area contributed by atoms with Crippen molar-refractivity contribution in [1.29, 1.82) is 0 Å². The van der Waals surface area contributed by atoms with Crippen molar-refractivity contribution in [2.45, 2.75) is 36.8 Å². The summed E-state index contributed by atoms with van der Waals surface area (Å²) in [4.78, 5) is 19.0. The van der Waals surface area contributed by atoms with Crippen molar-refractivity contribution in [3.63, 3.8) is 0 Å². The summed E-state index contributed by atoms with van der Waals surface area (Å²) >= 11 is 12.0. The molecule has 2 heterocycles. The molecule has 1 unspecified atom stereocenters. The number of fused-ring (bicyclic) bond motifs is 1. The molecule has 160 valence electrons. The molecule has 30 heavy (non-hydrogen) atoms. The van der Waals surface area contributed by atoms with Crippen LogP contribution in [0.2, 0.25) is 10.0 Å². The van der Waals surface area contributed by atoms with Gasteiger partial charge in [0.15, 0.2) is 0 Å². The number of likely N-dealkylation sites (tertiary alicyclic amines) is 1. The molecular formula is C21H22Cl2FN3O3. The Hall–Kier alpha value is -1.77. The molecule has 2 aromatic rings. The van der Waals surface area contributed by atoms with E-state index in [1.165, 1.54) is 12.3 Å². The highest BCUT2D eigenvalue weighted by atomic mass is 35.5. The van der Waals surface area contributed by atoms with Crippen molar-refractivity contribution in [2.24, 2.45) is 0 Å². The Balaban J connectivity index is 1.55. The minimum Gasteiger partial charge on any atom is -0.390 e. The second-order valence-electron chi connectivity index (χ2n) is 8.00. The van der Waals surface area contributed by atoms with E-state index in [0.29, 0.717) is 28.7 Å². The fourth-order valence-corrected chi connectivity index (χ4v) is 4.62. The fourth-order valence-electron chi connectivity index (χ4n) is 4.14. The minimum absolute atomic E-state index is 0.0369. The van der Waals surface area contributed by atoms with Crippen molar-refractivity contribution in [2.75, 3.05) is 19.6 Å². The monoisotopic (exact) mass is 453 g/mol. The number of aromatic nitrogens is 1. The standard InChI is InChI=1S/C21H22Cl2FN3O3/c22-14-4-3-13(17(23)8-14)9-26-19(29)21(24)6-5-20(30,12-27-10-15(28)11-27)18-16(21)2-1-7-25-18/h1-4,7-8,15,28,30H,5-6,9-12H2,(H,26,29)/t20-,21?/m1/s1. The number of rotatable bonds is 5. The number of pyridine rings is 1. The molecule has 1 amide bonds. The number of carbonyl (C=O) groups is 1. The Labute approximate surface area is 183 Å². The molecule has 1 aromatic carbocycles. The van der Waals surface area contributed by atoms with Gasteiger partial charge in [-0.05, 0) is 36.6 Å². The normalized spacial score (nSPS) is 26.7. The van der Waals surface area contributed by atoms with Crippen molar-refractivity contribution >= 4 is 29.1 Å². The van der Waals surface area contributed by atoms with Crippen LogP contribution in [0.3, 0.4) is 0 Å². The van der Waals surface area contributed by atoms with Gasteiger partial charge in [-0.1, -0.05) is 35.3 Å². The van der Waals surface area contributed by atoms with Gasteiger partial charge in [0.25, 0.3) is 5.91 Å². The second-order valence-corrected chi connectivity index (χ2v) is 8.84. The smallest absolute Gasteiger partial charge is 0.262 e. The number of nitrogens with zero attached hydrogens (tertiary/aromatic N) is 2. The van der Waals surface area contributed by atoms with E-state index in [2.05, 4.69) is 10.3 Å². The Morgan fingerprint density at radius 1 is 1.30 bits per heavy atom. The molecule has 1 aliphatic carbocycles. The summed E-state index contributed by atoms with van der Waals surface area (Å²) in [5.41, 5.74) is -2.85. The molecule has 3 N–H and O–H groups in total. The highest BCUT2D eigenvalue weighted by Crippen LogP contribution is 2.46. The number of β-amino-alcohol motifs (C(OH)–C–C–N with tert-alkyl or cyclic N) is 2. The molecule has 1 saturated heterocycles. The van der Waals surface area contributed by atoms with Gasteiger partial charge in [-0.15, -0.1) is 0 Å². The number of carbonyl (C=O) groups excluding carboxylic acids is 1. The van der Waals surface area contributed by atoms with Gasteiger partial charge >= 0.3 is 0 Å². The number of halogens is 3. The summed E-state index contributed by atoms with van der Waals surface area (Å²) in [5.74, 6) is -0.802. The van der Waals surface area contributed by atoms with Crippen LogP contribution in [-0.2, 0) is 22.6 Å². The van der Waals surface area contributed by atoms with E-state index in [0.717, 1.165) is 0 Å². The molecule has 1 fully saturated rings. The Morgan fingerprint density at radius 2 is 2.07 bits per heavy atom. The van der Waals surface area contributed by atoms with Crippen LogP contribution in [-0.4, -0.2) is 51.7 Å². The topological polar surface area (TPSA) is 85.7 Å². The molecule has 1 aromatic heterocycles. The third kappa shape index (κ3) is 3.92. The van der Waals surface area contributed by atoms with Gasteiger partial charge in [-0.3, -0.25) is 14.7 Å². The van der Waals surface area contributed by atoms with Gasteiger partial charge < -0.3 is 15.5 Å². The average Bonchev–Trinajstić information content (AvgIpc) is 2.69. The number of hydrogen-bond acceptors (Lipinski definition) is 5. The highest BCUT2D eigenvalue weighted by molar-refractivity contribution is 6.35. The van der Waals surface area contributed by atoms with Crippen LogP contribution in [0.25, 0.3) is 0 Å². The summed E-state index contributed by atoms with van der Waals surface area (Å²) in [6.07, 6.45) is 0.922. The Bertz CT molecular complexity index is 972. The molecule has 4 rings (SSSR count). The van der Waals surface area contributed by atoms with Crippen LogP contribution in [0.4, 0.5) is 4.39 Å². The van der Waals surface area contributed by atoms with E-state index in [9.17, 15) is 15.0 Å². The summed E-state index contributed by atoms with van der Waals surface area (Å²) in [7, 11) is 0. The lowest BCUT2D eigenvalue weighted by Crippen LogP contribution is -2.57. The zero-order valence-electron chi connectivity index (χ0n) is 16.1. The van der Waals surface area contributed by atoms with Crippen LogP contribution in [0.15, 0.2) is 36.5 Å². The van der Waals surface area contributed by atoms with Gasteiger partial charge in [-0.25, -0.2) is 4.39 Å². The molecule has 6 nitrogen and oxygen atoms in total. The zero-order valence-corrected chi connectivity index (χ0v) is 17.6. The number of nitrogens with one attached hydrogen (secondary N) is 1. The predicted molar refractivity (Wildman–Crippen MR) is 111 cm³/mol.